The van der Waals surface area contributed by atoms with Gasteiger partial charge in [-0.2, -0.15) is 0 Å². The van der Waals surface area contributed by atoms with Gasteiger partial charge in [-0.05, 0) is 69.4 Å². The summed E-state index contributed by atoms with van der Waals surface area (Å²) in [6.45, 7) is 18.9. The highest BCUT2D eigenvalue weighted by atomic mass is 28.4. The second-order valence-corrected chi connectivity index (χ2v) is 18.9. The molecule has 0 saturated heterocycles. The van der Waals surface area contributed by atoms with Crippen molar-refractivity contribution in [2.24, 2.45) is 17.8 Å². The molecule has 0 aliphatic carbocycles. The second-order valence-electron chi connectivity index (χ2n) is 16.8. The molecule has 0 aromatic rings. The molecule has 0 aliphatic rings. The van der Waals surface area contributed by atoms with Gasteiger partial charge >= 0.3 is 8.80 Å². The van der Waals surface area contributed by atoms with Gasteiger partial charge in [0.05, 0.1) is 50.8 Å². The van der Waals surface area contributed by atoms with Crippen LogP contribution in [0.4, 0.5) is 0 Å². The van der Waals surface area contributed by atoms with Gasteiger partial charge in [-0.15, -0.1) is 0 Å². The summed E-state index contributed by atoms with van der Waals surface area (Å²) in [5, 5.41) is 43.4. The van der Waals surface area contributed by atoms with Gasteiger partial charge in [0.25, 0.3) is 0 Å². The van der Waals surface area contributed by atoms with Crippen molar-refractivity contribution in [3.05, 3.63) is 0 Å². The van der Waals surface area contributed by atoms with Crippen molar-refractivity contribution in [2.45, 2.75) is 168 Å². The average Bonchev–Trinajstić information content (AvgIpc) is 3.15. The maximum atomic E-state index is 10.9. The number of nitrogens with zero attached hydrogens (tertiary/aromatic N) is 2. The third kappa shape index (κ3) is 36.1. The monoisotopic (exact) mass is 841 g/mol. The second kappa shape index (κ2) is 37.5. The third-order valence-electron chi connectivity index (χ3n) is 10.6. The van der Waals surface area contributed by atoms with Gasteiger partial charge in [-0.3, -0.25) is 9.80 Å². The van der Waals surface area contributed by atoms with Gasteiger partial charge in [0.1, 0.15) is 0 Å². The van der Waals surface area contributed by atoms with Crippen molar-refractivity contribution >= 4 is 8.80 Å². The van der Waals surface area contributed by atoms with Gasteiger partial charge in [0.15, 0.2) is 0 Å². The molecule has 0 aliphatic heterocycles. The van der Waals surface area contributed by atoms with E-state index >= 15 is 0 Å². The molecule has 0 aromatic carbocycles. The van der Waals surface area contributed by atoms with Crippen LogP contribution in [0.5, 0.6) is 0 Å². The van der Waals surface area contributed by atoms with Gasteiger partial charge in [-0.25, -0.2) is 0 Å². The van der Waals surface area contributed by atoms with E-state index in [0.29, 0.717) is 70.3 Å². The van der Waals surface area contributed by atoms with Gasteiger partial charge in [-0.1, -0.05) is 99.3 Å². The Bertz CT molecular complexity index is 832. The van der Waals surface area contributed by atoms with Crippen LogP contribution in [0.25, 0.3) is 0 Å². The Kier molecular flexibility index (Phi) is 37.3. The summed E-state index contributed by atoms with van der Waals surface area (Å²) in [7, 11) is -4.10. The average molecular weight is 841 g/mol. The quantitative estimate of drug-likeness (QED) is 0.0328. The predicted octanol–water partition coefficient (Wildman–Crippen LogP) is 4.84. The molecule has 0 fully saturated rings. The smallest absolute Gasteiger partial charge is 0.390 e. The van der Waals surface area contributed by atoms with Crippen LogP contribution in [-0.2, 0) is 18.9 Å². The Morgan fingerprint density at radius 3 is 1.23 bits per heavy atom. The number of rotatable bonds is 43. The first-order valence-corrected chi connectivity index (χ1v) is 25.0. The van der Waals surface area contributed by atoms with E-state index in [1.54, 1.807) is 0 Å². The Labute approximate surface area is 349 Å². The van der Waals surface area contributed by atoms with E-state index in [0.717, 1.165) is 70.8 Å². The van der Waals surface area contributed by atoms with Crippen LogP contribution in [0, 0.1) is 17.8 Å². The molecule has 57 heavy (non-hydrogen) atoms. The number of aliphatic hydroxyl groups is 4. The zero-order valence-electron chi connectivity index (χ0n) is 37.4. The summed E-state index contributed by atoms with van der Waals surface area (Å²) in [6.07, 6.45) is 12.4. The fraction of sp³-hybridized carbons (Fsp3) is 1.00. The Balaban J connectivity index is 5.14. The first-order chi connectivity index (χ1) is 27.3. The van der Waals surface area contributed by atoms with Crippen molar-refractivity contribution in [3.63, 3.8) is 0 Å². The summed E-state index contributed by atoms with van der Waals surface area (Å²) in [6, 6.07) is -0.114. The summed E-state index contributed by atoms with van der Waals surface area (Å²) in [5.74, 6) is 1.45. The largest absolute Gasteiger partial charge is 0.492 e. The number of hydrogen-bond acceptors (Lipinski definition) is 13. The lowest BCUT2D eigenvalue weighted by Gasteiger charge is -2.28. The van der Waals surface area contributed by atoms with Crippen LogP contribution in [0.15, 0.2) is 0 Å². The number of unbranched alkanes of at least 4 members (excludes halogenated alkanes) is 5. The van der Waals surface area contributed by atoms with E-state index < -0.39 is 33.2 Å². The lowest BCUT2D eigenvalue weighted by atomic mass is 10.0. The lowest BCUT2D eigenvalue weighted by molar-refractivity contribution is -0.0208. The van der Waals surface area contributed by atoms with Crippen molar-refractivity contribution in [3.8, 4) is 0 Å². The van der Waals surface area contributed by atoms with Crippen LogP contribution in [0.1, 0.15) is 138 Å². The predicted molar refractivity (Wildman–Crippen MR) is 231 cm³/mol. The highest BCUT2D eigenvalue weighted by Gasteiger charge is 2.26. The molecule has 0 spiro atoms. The van der Waals surface area contributed by atoms with E-state index in [2.05, 4.69) is 46.4 Å². The van der Waals surface area contributed by atoms with Crippen LogP contribution < -0.4 is 0 Å². The lowest BCUT2D eigenvalue weighted by Crippen LogP contribution is -2.42. The minimum Gasteiger partial charge on any atom is -0.390 e. The van der Waals surface area contributed by atoms with Crippen LogP contribution >= 0.6 is 0 Å². The Morgan fingerprint density at radius 2 is 0.860 bits per heavy atom. The molecule has 0 amide bonds. The van der Waals surface area contributed by atoms with E-state index in [-0.39, 0.29) is 45.5 Å². The highest BCUT2D eigenvalue weighted by Crippen LogP contribution is 2.15. The molecule has 0 rings (SSSR count). The molecule has 7 atom stereocenters. The molecule has 0 aromatic heterocycles. The van der Waals surface area contributed by atoms with Crippen LogP contribution in [0.3, 0.4) is 0 Å². The normalized spacial score (nSPS) is 16.3. The summed E-state index contributed by atoms with van der Waals surface area (Å²) in [4.78, 5) is 31.8. The minimum absolute atomic E-state index is 0.0637. The van der Waals surface area contributed by atoms with Gasteiger partial charge in [0.2, 0.25) is 0 Å². The fourth-order valence-corrected chi connectivity index (χ4v) is 7.71. The zero-order chi connectivity index (χ0) is 42.7. The van der Waals surface area contributed by atoms with Gasteiger partial charge in [0, 0.05) is 58.7 Å². The molecule has 7 unspecified atom stereocenters. The van der Waals surface area contributed by atoms with E-state index in [1.807, 2.05) is 4.90 Å². The minimum atomic E-state index is -4.10. The maximum absolute atomic E-state index is 10.9. The molecule has 14 heteroatoms. The first kappa shape index (κ1) is 56.7. The first-order valence-electron chi connectivity index (χ1n) is 22.9. The topological polar surface area (TPSA) is 185 Å². The van der Waals surface area contributed by atoms with Gasteiger partial charge < -0.3 is 53.8 Å². The summed E-state index contributed by atoms with van der Waals surface area (Å²) >= 11 is 0. The highest BCUT2D eigenvalue weighted by molar-refractivity contribution is 6.56. The summed E-state index contributed by atoms with van der Waals surface area (Å²) in [5.41, 5.74) is 0. The molecule has 344 valence electrons. The molecular weight excluding hydrogens is 749 g/mol. The molecule has 13 nitrogen and oxygen atoms in total. The number of ether oxygens (including phenoxy) is 4. The number of aliphatic hydroxyl groups excluding tert-OH is 4. The zero-order valence-corrected chi connectivity index (χ0v) is 38.4. The molecular formula is C43H92N2O11Si. The SMILES string of the molecule is CCCCC(CC)COCC(O)CN(CCCCCCN(CC(O)COCCC[Si](O)(O)O)CC(O)COCC(C)CCC)CC(O)COCC(CC)CCCC. The molecule has 0 saturated carbocycles. The van der Waals surface area contributed by atoms with Crippen molar-refractivity contribution in [1.29, 1.82) is 0 Å². The van der Waals surface area contributed by atoms with Crippen LogP contribution in [0.2, 0.25) is 6.04 Å². The molecule has 7 N–H and O–H groups in total. The molecule has 0 bridgehead atoms. The van der Waals surface area contributed by atoms with Crippen molar-refractivity contribution < 1.29 is 53.8 Å². The van der Waals surface area contributed by atoms with E-state index in [9.17, 15) is 34.8 Å². The Morgan fingerprint density at radius 1 is 0.456 bits per heavy atom. The van der Waals surface area contributed by atoms with E-state index in [1.165, 1.54) is 25.7 Å². The fourth-order valence-electron chi connectivity index (χ4n) is 7.09. The molecule has 0 heterocycles. The number of hydrogen-bond donors (Lipinski definition) is 7. The van der Waals surface area contributed by atoms with Crippen LogP contribution in [-0.4, -0.2) is 170 Å². The Hall–Kier alpha value is -0.303. The third-order valence-corrected chi connectivity index (χ3v) is 11.6. The van der Waals surface area contributed by atoms with Crippen molar-refractivity contribution in [1.82, 2.24) is 9.80 Å². The summed E-state index contributed by atoms with van der Waals surface area (Å²) < 4.78 is 23.2. The van der Waals surface area contributed by atoms with Crippen molar-refractivity contribution in [2.75, 3.05) is 92.1 Å². The maximum Gasteiger partial charge on any atom is 0.492 e. The molecule has 0 radical (unpaired) electrons. The standard InChI is InChI=1S/C43H92N2O11Si/c1-7-12-20-38(10-4)31-55-35-42(48)28-45(29-43(49)36-56-32-39(11-5)21-13-8-2)23-17-15-14-16-22-44(27-41(47)34-54-30-37(6)19-9-3)26-40(46)33-53-24-18-25-57(50,51)52/h37-43,46-52H,7-36H2,1-6H3. The van der Waals surface area contributed by atoms with E-state index in [4.69, 9.17) is 18.9 Å².